The summed E-state index contributed by atoms with van der Waals surface area (Å²) < 4.78 is 5.52. The summed E-state index contributed by atoms with van der Waals surface area (Å²) in [7, 11) is 1.85. The summed E-state index contributed by atoms with van der Waals surface area (Å²) in [5, 5.41) is 6.99. The average Bonchev–Trinajstić information content (AvgIpc) is 3.34. The predicted molar refractivity (Wildman–Crippen MR) is 101 cm³/mol. The van der Waals surface area contributed by atoms with Gasteiger partial charge in [0.2, 0.25) is 0 Å². The van der Waals surface area contributed by atoms with Gasteiger partial charge in [-0.05, 0) is 31.4 Å². The van der Waals surface area contributed by atoms with Gasteiger partial charge >= 0.3 is 0 Å². The minimum Gasteiger partial charge on any atom is -0.379 e. The highest BCUT2D eigenvalue weighted by atomic mass is 32.1. The van der Waals surface area contributed by atoms with Crippen molar-refractivity contribution in [1.82, 2.24) is 15.5 Å². The molecule has 1 aliphatic carbocycles. The largest absolute Gasteiger partial charge is 0.379 e. The molecular formula is C18H30N4OS. The van der Waals surface area contributed by atoms with Crippen molar-refractivity contribution < 1.29 is 4.74 Å². The van der Waals surface area contributed by atoms with Crippen LogP contribution in [-0.4, -0.2) is 57.3 Å². The van der Waals surface area contributed by atoms with Crippen LogP contribution in [0.1, 0.15) is 35.1 Å². The van der Waals surface area contributed by atoms with Gasteiger partial charge in [0, 0.05) is 43.0 Å². The Morgan fingerprint density at radius 1 is 1.33 bits per heavy atom. The van der Waals surface area contributed by atoms with Crippen molar-refractivity contribution in [2.75, 3.05) is 46.4 Å². The van der Waals surface area contributed by atoms with Crippen LogP contribution in [0.5, 0.6) is 0 Å². The molecule has 0 spiro atoms. The van der Waals surface area contributed by atoms with E-state index < -0.39 is 0 Å². The third kappa shape index (κ3) is 5.19. The third-order valence-corrected chi connectivity index (χ3v) is 5.91. The van der Waals surface area contributed by atoms with Crippen molar-refractivity contribution >= 4 is 17.3 Å². The van der Waals surface area contributed by atoms with E-state index in [1.165, 1.54) is 29.0 Å². The number of nitrogens with one attached hydrogen (secondary N) is 2. The topological polar surface area (TPSA) is 48.9 Å². The van der Waals surface area contributed by atoms with E-state index in [0.717, 1.165) is 51.3 Å². The van der Waals surface area contributed by atoms with Crippen LogP contribution in [-0.2, 0) is 4.74 Å². The smallest absolute Gasteiger partial charge is 0.191 e. The minimum absolute atomic E-state index is 0.384. The standard InChI is InChI=1S/C18H30N4OS/c1-14-3-6-17(24-14)16(22-9-11-23-12-10-22)13-21-18(19-2)20-8-7-15-4-5-15/h3,6,15-16H,4-5,7-13H2,1-2H3,(H2,19,20,21). The lowest BCUT2D eigenvalue weighted by Crippen LogP contribution is -2.46. The van der Waals surface area contributed by atoms with E-state index in [1.54, 1.807) is 0 Å². The summed E-state index contributed by atoms with van der Waals surface area (Å²) >= 11 is 1.90. The third-order valence-electron chi connectivity index (χ3n) is 4.80. The first-order chi connectivity index (χ1) is 11.8. The molecule has 1 unspecified atom stereocenters. The van der Waals surface area contributed by atoms with Gasteiger partial charge in [-0.15, -0.1) is 11.3 Å². The van der Waals surface area contributed by atoms with E-state index in [0.29, 0.717) is 6.04 Å². The molecule has 1 aromatic rings. The van der Waals surface area contributed by atoms with Crippen LogP contribution in [0, 0.1) is 12.8 Å². The van der Waals surface area contributed by atoms with Crippen molar-refractivity contribution in [3.05, 3.63) is 21.9 Å². The molecule has 1 atom stereocenters. The Morgan fingerprint density at radius 3 is 2.75 bits per heavy atom. The molecule has 0 amide bonds. The number of morpholine rings is 1. The zero-order chi connectivity index (χ0) is 16.8. The molecule has 2 fully saturated rings. The second-order valence-corrected chi connectivity index (χ2v) is 8.04. The van der Waals surface area contributed by atoms with Crippen LogP contribution in [0.2, 0.25) is 0 Å². The number of nitrogens with zero attached hydrogens (tertiary/aromatic N) is 2. The highest BCUT2D eigenvalue weighted by Gasteiger charge is 2.24. The molecule has 0 bridgehead atoms. The number of hydrogen-bond donors (Lipinski definition) is 2. The van der Waals surface area contributed by atoms with Crippen molar-refractivity contribution in [2.45, 2.75) is 32.2 Å². The van der Waals surface area contributed by atoms with Crippen LogP contribution in [0.4, 0.5) is 0 Å². The Balaban J connectivity index is 1.55. The monoisotopic (exact) mass is 350 g/mol. The van der Waals surface area contributed by atoms with Gasteiger partial charge in [0.15, 0.2) is 5.96 Å². The minimum atomic E-state index is 0.384. The van der Waals surface area contributed by atoms with Gasteiger partial charge in [-0.1, -0.05) is 12.8 Å². The maximum Gasteiger partial charge on any atom is 0.191 e. The zero-order valence-corrected chi connectivity index (χ0v) is 15.7. The van der Waals surface area contributed by atoms with Gasteiger partial charge in [0.25, 0.3) is 0 Å². The van der Waals surface area contributed by atoms with Gasteiger partial charge in [-0.3, -0.25) is 9.89 Å². The van der Waals surface area contributed by atoms with Crippen LogP contribution in [0.15, 0.2) is 17.1 Å². The maximum absolute atomic E-state index is 5.52. The number of thiophene rings is 1. The second-order valence-electron chi connectivity index (χ2n) is 6.72. The summed E-state index contributed by atoms with van der Waals surface area (Å²) in [6, 6.07) is 4.87. The molecule has 0 aromatic carbocycles. The molecule has 2 N–H and O–H groups in total. The first kappa shape index (κ1) is 17.7. The van der Waals surface area contributed by atoms with E-state index >= 15 is 0 Å². The molecule has 1 aromatic heterocycles. The van der Waals surface area contributed by atoms with E-state index in [-0.39, 0.29) is 0 Å². The van der Waals surface area contributed by atoms with E-state index in [1.807, 2.05) is 18.4 Å². The van der Waals surface area contributed by atoms with Crippen LogP contribution >= 0.6 is 11.3 Å². The van der Waals surface area contributed by atoms with Gasteiger partial charge in [0.1, 0.15) is 0 Å². The Labute approximate surface area is 149 Å². The predicted octanol–water partition coefficient (Wildman–Crippen LogP) is 2.39. The molecule has 5 nitrogen and oxygen atoms in total. The van der Waals surface area contributed by atoms with Gasteiger partial charge in [-0.2, -0.15) is 0 Å². The first-order valence-corrected chi connectivity index (χ1v) is 9.90. The molecule has 0 radical (unpaired) electrons. The van der Waals surface area contributed by atoms with Gasteiger partial charge in [0.05, 0.1) is 19.3 Å². The fraction of sp³-hybridized carbons (Fsp3) is 0.722. The van der Waals surface area contributed by atoms with Crippen molar-refractivity contribution in [1.29, 1.82) is 0 Å². The lowest BCUT2D eigenvalue weighted by atomic mass is 10.2. The number of guanidine groups is 1. The summed E-state index contributed by atoms with van der Waals surface area (Å²) in [6.07, 6.45) is 4.08. The number of ether oxygens (including phenoxy) is 1. The van der Waals surface area contributed by atoms with Crippen molar-refractivity contribution in [3.8, 4) is 0 Å². The number of hydrogen-bond acceptors (Lipinski definition) is 4. The Morgan fingerprint density at radius 2 is 2.12 bits per heavy atom. The molecule has 6 heteroatoms. The Bertz CT molecular complexity index is 535. The lowest BCUT2D eigenvalue weighted by Gasteiger charge is -2.34. The summed E-state index contributed by atoms with van der Waals surface area (Å²) in [6.45, 7) is 7.72. The first-order valence-electron chi connectivity index (χ1n) is 9.09. The molecule has 1 saturated carbocycles. The van der Waals surface area contributed by atoms with Gasteiger partial charge < -0.3 is 15.4 Å². The molecule has 2 heterocycles. The second kappa shape index (κ2) is 8.83. The molecule has 2 aliphatic rings. The number of aliphatic imine (C=N–C) groups is 1. The quantitative estimate of drug-likeness (QED) is 0.586. The molecule has 1 saturated heterocycles. The molecule has 24 heavy (non-hydrogen) atoms. The van der Waals surface area contributed by atoms with E-state index in [9.17, 15) is 0 Å². The van der Waals surface area contributed by atoms with Crippen molar-refractivity contribution in [2.24, 2.45) is 10.9 Å². The average molecular weight is 351 g/mol. The molecular weight excluding hydrogens is 320 g/mol. The maximum atomic E-state index is 5.52. The molecule has 1 aliphatic heterocycles. The Hall–Kier alpha value is -1.11. The Kier molecular flexibility index (Phi) is 6.51. The zero-order valence-electron chi connectivity index (χ0n) is 14.9. The number of aryl methyl sites for hydroxylation is 1. The summed E-state index contributed by atoms with van der Waals surface area (Å²) in [4.78, 5) is 9.70. The van der Waals surface area contributed by atoms with Crippen molar-refractivity contribution in [3.63, 3.8) is 0 Å². The lowest BCUT2D eigenvalue weighted by molar-refractivity contribution is 0.0177. The molecule has 134 valence electrons. The summed E-state index contributed by atoms with van der Waals surface area (Å²) in [5.41, 5.74) is 0. The summed E-state index contributed by atoms with van der Waals surface area (Å²) in [5.74, 6) is 1.87. The SMILES string of the molecule is CN=C(NCCC1CC1)NCC(c1ccc(C)s1)N1CCOCC1. The van der Waals surface area contributed by atoms with E-state index in [2.05, 4.69) is 39.6 Å². The van der Waals surface area contributed by atoms with E-state index in [4.69, 9.17) is 4.74 Å². The van der Waals surface area contributed by atoms with Crippen LogP contribution in [0.25, 0.3) is 0 Å². The fourth-order valence-corrected chi connectivity index (χ4v) is 4.16. The van der Waals surface area contributed by atoms with Gasteiger partial charge in [-0.25, -0.2) is 0 Å². The normalized spacial score (nSPS) is 20.8. The van der Waals surface area contributed by atoms with Crippen LogP contribution < -0.4 is 10.6 Å². The molecule has 3 rings (SSSR count). The van der Waals surface area contributed by atoms with Crippen LogP contribution in [0.3, 0.4) is 0 Å². The fourth-order valence-electron chi connectivity index (χ4n) is 3.15. The number of rotatable bonds is 7. The highest BCUT2D eigenvalue weighted by molar-refractivity contribution is 7.12. The highest BCUT2D eigenvalue weighted by Crippen LogP contribution is 2.31.